The van der Waals surface area contributed by atoms with Crippen molar-refractivity contribution in [3.05, 3.63) is 23.5 Å². The molecule has 1 aromatic rings. The van der Waals surface area contributed by atoms with Crippen molar-refractivity contribution in [1.82, 2.24) is 9.62 Å². The molecular formula is C14H20FN3O2S. The van der Waals surface area contributed by atoms with E-state index < -0.39 is 15.8 Å². The van der Waals surface area contributed by atoms with Crippen LogP contribution in [0.3, 0.4) is 0 Å². The third-order valence-corrected chi connectivity index (χ3v) is 6.14. The third-order valence-electron chi connectivity index (χ3n) is 4.52. The number of hydrogen-bond donors (Lipinski definition) is 2. The largest absolute Gasteiger partial charge is 0.399 e. The molecule has 116 valence electrons. The summed E-state index contributed by atoms with van der Waals surface area (Å²) in [5.41, 5.74) is 5.81. The minimum Gasteiger partial charge on any atom is -0.399 e. The molecule has 0 bridgehead atoms. The van der Waals surface area contributed by atoms with Crippen molar-refractivity contribution in [1.29, 1.82) is 0 Å². The van der Waals surface area contributed by atoms with Gasteiger partial charge in [0.25, 0.3) is 0 Å². The number of anilines is 1. The summed E-state index contributed by atoms with van der Waals surface area (Å²) < 4.78 is 41.6. The van der Waals surface area contributed by atoms with Crippen LogP contribution in [0.15, 0.2) is 17.0 Å². The molecule has 7 heteroatoms. The Kier molecular flexibility index (Phi) is 3.67. The Labute approximate surface area is 124 Å². The Balaban J connectivity index is 1.88. The van der Waals surface area contributed by atoms with E-state index in [0.717, 1.165) is 38.4 Å². The average Bonchev–Trinajstić information content (AvgIpc) is 2.98. The molecule has 3 rings (SSSR count). The molecule has 2 unspecified atom stereocenters. The maximum absolute atomic E-state index is 13.7. The fourth-order valence-corrected chi connectivity index (χ4v) is 5.03. The van der Waals surface area contributed by atoms with E-state index in [1.165, 1.54) is 13.0 Å². The monoisotopic (exact) mass is 313 g/mol. The molecule has 2 saturated heterocycles. The van der Waals surface area contributed by atoms with Crippen molar-refractivity contribution >= 4 is 15.7 Å². The molecule has 2 atom stereocenters. The smallest absolute Gasteiger partial charge is 0.241 e. The van der Waals surface area contributed by atoms with Gasteiger partial charge in [-0.3, -0.25) is 4.90 Å². The maximum Gasteiger partial charge on any atom is 0.241 e. The van der Waals surface area contributed by atoms with Crippen LogP contribution in [-0.4, -0.2) is 38.5 Å². The first kappa shape index (κ1) is 14.7. The highest BCUT2D eigenvalue weighted by atomic mass is 32.2. The van der Waals surface area contributed by atoms with Gasteiger partial charge in [0.1, 0.15) is 5.82 Å². The Bertz CT molecular complexity index is 662. The number of nitrogens with one attached hydrogen (secondary N) is 1. The van der Waals surface area contributed by atoms with Gasteiger partial charge in [0.05, 0.1) is 4.90 Å². The van der Waals surface area contributed by atoms with Crippen LogP contribution in [0.2, 0.25) is 0 Å². The van der Waals surface area contributed by atoms with E-state index in [-0.39, 0.29) is 28.2 Å². The summed E-state index contributed by atoms with van der Waals surface area (Å²) >= 11 is 0. The topological polar surface area (TPSA) is 75.4 Å². The third kappa shape index (κ3) is 2.65. The Morgan fingerprint density at radius 1 is 1.33 bits per heavy atom. The van der Waals surface area contributed by atoms with Crippen molar-refractivity contribution in [2.75, 3.05) is 18.8 Å². The molecule has 21 heavy (non-hydrogen) atoms. The van der Waals surface area contributed by atoms with Gasteiger partial charge in [-0.25, -0.2) is 17.5 Å². The van der Waals surface area contributed by atoms with E-state index in [0.29, 0.717) is 0 Å². The van der Waals surface area contributed by atoms with E-state index in [4.69, 9.17) is 5.73 Å². The molecule has 5 nitrogen and oxygen atoms in total. The SMILES string of the molecule is Cc1c(F)cc(N)cc1S(=O)(=O)NC1CCN2CCCC12. The van der Waals surface area contributed by atoms with E-state index in [2.05, 4.69) is 9.62 Å². The molecule has 0 saturated carbocycles. The van der Waals surface area contributed by atoms with E-state index in [1.807, 2.05) is 0 Å². The molecule has 0 aliphatic carbocycles. The summed E-state index contributed by atoms with van der Waals surface area (Å²) in [5, 5.41) is 0. The van der Waals surface area contributed by atoms with Crippen LogP contribution in [0.25, 0.3) is 0 Å². The Morgan fingerprint density at radius 3 is 2.86 bits per heavy atom. The summed E-state index contributed by atoms with van der Waals surface area (Å²) in [4.78, 5) is 2.26. The molecule has 2 aliphatic rings. The molecule has 1 aromatic carbocycles. The van der Waals surface area contributed by atoms with Gasteiger partial charge in [-0.2, -0.15) is 0 Å². The first-order valence-corrected chi connectivity index (χ1v) is 8.69. The van der Waals surface area contributed by atoms with Gasteiger partial charge in [0.15, 0.2) is 0 Å². The maximum atomic E-state index is 13.7. The molecule has 2 fully saturated rings. The second kappa shape index (κ2) is 5.23. The summed E-state index contributed by atoms with van der Waals surface area (Å²) in [7, 11) is -3.75. The standard InChI is InChI=1S/C14H20FN3O2S/c1-9-11(15)7-10(16)8-14(9)21(19,20)17-12-4-6-18-5-2-3-13(12)18/h7-8,12-13,17H,2-6,16H2,1H3. The van der Waals surface area contributed by atoms with Crippen molar-refractivity contribution in [2.45, 2.75) is 43.2 Å². The highest BCUT2D eigenvalue weighted by Gasteiger charge is 2.39. The summed E-state index contributed by atoms with van der Waals surface area (Å²) in [6.07, 6.45) is 2.92. The van der Waals surface area contributed by atoms with Crippen LogP contribution >= 0.6 is 0 Å². The Hall–Kier alpha value is -1.18. The van der Waals surface area contributed by atoms with Crippen molar-refractivity contribution < 1.29 is 12.8 Å². The van der Waals surface area contributed by atoms with Gasteiger partial charge in [-0.15, -0.1) is 0 Å². The number of nitrogens with two attached hydrogens (primary N) is 1. The lowest BCUT2D eigenvalue weighted by Gasteiger charge is -2.21. The first-order valence-electron chi connectivity index (χ1n) is 7.20. The Morgan fingerprint density at radius 2 is 2.10 bits per heavy atom. The molecule has 2 aliphatic heterocycles. The lowest BCUT2D eigenvalue weighted by atomic mass is 10.1. The van der Waals surface area contributed by atoms with Crippen LogP contribution < -0.4 is 10.5 Å². The minimum atomic E-state index is -3.75. The van der Waals surface area contributed by atoms with Crippen molar-refractivity contribution in [3.8, 4) is 0 Å². The van der Waals surface area contributed by atoms with E-state index in [1.54, 1.807) is 0 Å². The van der Waals surface area contributed by atoms with Gasteiger partial charge < -0.3 is 5.73 Å². The second-order valence-electron chi connectivity index (χ2n) is 5.89. The second-order valence-corrected chi connectivity index (χ2v) is 7.57. The predicted octanol–water partition coefficient (Wildman–Crippen LogP) is 1.23. The molecule has 0 aromatic heterocycles. The highest BCUT2D eigenvalue weighted by Crippen LogP contribution is 2.30. The lowest BCUT2D eigenvalue weighted by molar-refractivity contribution is 0.309. The minimum absolute atomic E-state index is 0.0588. The van der Waals surface area contributed by atoms with Crippen LogP contribution in [0.5, 0.6) is 0 Å². The number of hydrogen-bond acceptors (Lipinski definition) is 4. The molecular weight excluding hydrogens is 293 g/mol. The number of benzene rings is 1. The predicted molar refractivity (Wildman–Crippen MR) is 78.9 cm³/mol. The van der Waals surface area contributed by atoms with Gasteiger partial charge in [-0.05, 0) is 44.9 Å². The van der Waals surface area contributed by atoms with E-state index >= 15 is 0 Å². The number of nitrogen functional groups attached to an aromatic ring is 1. The number of fused-ring (bicyclic) bond motifs is 1. The quantitative estimate of drug-likeness (QED) is 0.823. The molecule has 3 N–H and O–H groups in total. The van der Waals surface area contributed by atoms with Crippen LogP contribution in [0, 0.1) is 12.7 Å². The number of halogens is 1. The highest BCUT2D eigenvalue weighted by molar-refractivity contribution is 7.89. The molecule has 0 radical (unpaired) electrons. The van der Waals surface area contributed by atoms with Crippen LogP contribution in [0.4, 0.5) is 10.1 Å². The van der Waals surface area contributed by atoms with Crippen molar-refractivity contribution in [2.24, 2.45) is 0 Å². The number of rotatable bonds is 3. The molecule has 2 heterocycles. The summed E-state index contributed by atoms with van der Waals surface area (Å²) in [5.74, 6) is -0.593. The van der Waals surface area contributed by atoms with Crippen LogP contribution in [0.1, 0.15) is 24.8 Å². The van der Waals surface area contributed by atoms with Gasteiger partial charge in [-0.1, -0.05) is 0 Å². The summed E-state index contributed by atoms with van der Waals surface area (Å²) in [6, 6.07) is 2.64. The van der Waals surface area contributed by atoms with Gasteiger partial charge >= 0.3 is 0 Å². The first-order chi connectivity index (χ1) is 9.88. The van der Waals surface area contributed by atoms with Gasteiger partial charge in [0.2, 0.25) is 10.0 Å². The summed E-state index contributed by atoms with van der Waals surface area (Å²) in [6.45, 7) is 3.41. The van der Waals surface area contributed by atoms with Gasteiger partial charge in [0, 0.05) is 29.9 Å². The number of sulfonamides is 1. The number of nitrogens with zero attached hydrogens (tertiary/aromatic N) is 1. The normalized spacial score (nSPS) is 26.2. The zero-order valence-corrected chi connectivity index (χ0v) is 12.8. The van der Waals surface area contributed by atoms with E-state index in [9.17, 15) is 12.8 Å². The fraction of sp³-hybridized carbons (Fsp3) is 0.571. The zero-order chi connectivity index (χ0) is 15.2. The molecule has 0 amide bonds. The van der Waals surface area contributed by atoms with Crippen LogP contribution in [-0.2, 0) is 10.0 Å². The van der Waals surface area contributed by atoms with Crippen molar-refractivity contribution in [3.63, 3.8) is 0 Å². The molecule has 0 spiro atoms. The average molecular weight is 313 g/mol. The zero-order valence-electron chi connectivity index (χ0n) is 12.0. The lowest BCUT2D eigenvalue weighted by Crippen LogP contribution is -2.42. The fourth-order valence-electron chi connectivity index (χ4n) is 3.44.